The molecule has 1 aromatic carbocycles. The standard InChI is InChI=1S/C7H5NO4S/c9-7(8-10)5-1-3-6(4-2-5)13(11)12/h1-4H,(H,11,12). The third kappa shape index (κ3) is 2.27. The topological polar surface area (TPSA) is 83.8 Å². The summed E-state index contributed by atoms with van der Waals surface area (Å²) in [7, 11) is 0. The van der Waals surface area contributed by atoms with Gasteiger partial charge in [0.2, 0.25) is 0 Å². The molecule has 1 N–H and O–H groups in total. The van der Waals surface area contributed by atoms with E-state index < -0.39 is 17.0 Å². The number of carbonyl (C=O) groups is 1. The molecule has 1 rings (SSSR count). The highest BCUT2D eigenvalue weighted by Gasteiger charge is 2.05. The van der Waals surface area contributed by atoms with Crippen molar-refractivity contribution >= 4 is 17.0 Å². The molecule has 1 aromatic rings. The fourth-order valence-corrected chi connectivity index (χ4v) is 1.14. The summed E-state index contributed by atoms with van der Waals surface area (Å²) in [5.74, 6) is -0.893. The number of hydrogen-bond acceptors (Lipinski definition) is 3. The first-order valence-corrected chi connectivity index (χ1v) is 4.34. The first-order chi connectivity index (χ1) is 6.15. The van der Waals surface area contributed by atoms with Crippen LogP contribution in [0.25, 0.3) is 0 Å². The van der Waals surface area contributed by atoms with Crippen LogP contribution in [0.3, 0.4) is 0 Å². The second-order valence-corrected chi connectivity index (χ2v) is 3.14. The van der Waals surface area contributed by atoms with Gasteiger partial charge in [-0.2, -0.15) is 0 Å². The molecule has 6 heteroatoms. The SMILES string of the molecule is O=NC(=O)c1ccc(S(=O)O)cc1. The monoisotopic (exact) mass is 199 g/mol. The number of rotatable bonds is 2. The largest absolute Gasteiger partial charge is 0.316 e. The smallest absolute Gasteiger partial charge is 0.302 e. The van der Waals surface area contributed by atoms with Crippen LogP contribution in [0, 0.1) is 4.91 Å². The molecule has 0 saturated carbocycles. The summed E-state index contributed by atoms with van der Waals surface area (Å²) in [6.07, 6.45) is 0. The summed E-state index contributed by atoms with van der Waals surface area (Å²) in [4.78, 5) is 20.7. The normalized spacial score (nSPS) is 12.1. The van der Waals surface area contributed by atoms with Crippen molar-refractivity contribution in [2.75, 3.05) is 0 Å². The van der Waals surface area contributed by atoms with E-state index in [9.17, 15) is 13.9 Å². The zero-order chi connectivity index (χ0) is 9.84. The third-order valence-corrected chi connectivity index (χ3v) is 2.06. The van der Waals surface area contributed by atoms with Gasteiger partial charge in [-0.3, -0.25) is 4.79 Å². The summed E-state index contributed by atoms with van der Waals surface area (Å²) in [5.41, 5.74) is 0.101. The van der Waals surface area contributed by atoms with Crippen LogP contribution in [0.15, 0.2) is 34.3 Å². The van der Waals surface area contributed by atoms with Crippen molar-refractivity contribution in [2.24, 2.45) is 5.18 Å². The van der Waals surface area contributed by atoms with Crippen molar-refractivity contribution in [3.63, 3.8) is 0 Å². The average Bonchev–Trinajstić information content (AvgIpc) is 2.17. The molecule has 0 aliphatic rings. The quantitative estimate of drug-likeness (QED) is 0.572. The van der Waals surface area contributed by atoms with E-state index in [-0.39, 0.29) is 10.5 Å². The molecule has 13 heavy (non-hydrogen) atoms. The van der Waals surface area contributed by atoms with Crippen LogP contribution in [0.2, 0.25) is 0 Å². The van der Waals surface area contributed by atoms with Crippen molar-refractivity contribution < 1.29 is 13.6 Å². The number of benzene rings is 1. The van der Waals surface area contributed by atoms with E-state index in [1.54, 1.807) is 0 Å². The minimum Gasteiger partial charge on any atom is -0.302 e. The van der Waals surface area contributed by atoms with Crippen molar-refractivity contribution in [1.29, 1.82) is 0 Å². The second-order valence-electron chi connectivity index (χ2n) is 2.17. The molecule has 0 aromatic heterocycles. The highest BCUT2D eigenvalue weighted by molar-refractivity contribution is 7.79. The zero-order valence-corrected chi connectivity index (χ0v) is 7.15. The molecular formula is C7H5NO4S. The molecule has 1 amide bonds. The van der Waals surface area contributed by atoms with Gasteiger partial charge in [0.1, 0.15) is 0 Å². The van der Waals surface area contributed by atoms with E-state index >= 15 is 0 Å². The van der Waals surface area contributed by atoms with Crippen molar-refractivity contribution in [3.8, 4) is 0 Å². The van der Waals surface area contributed by atoms with Gasteiger partial charge >= 0.3 is 5.91 Å². The molecule has 1 unspecified atom stereocenters. The Balaban J connectivity index is 3.00. The lowest BCUT2D eigenvalue weighted by Crippen LogP contribution is -1.94. The fraction of sp³-hybridized carbons (Fsp3) is 0. The van der Waals surface area contributed by atoms with Crippen molar-refractivity contribution in [3.05, 3.63) is 34.7 Å². The molecule has 0 radical (unpaired) electrons. The fourth-order valence-electron chi connectivity index (χ4n) is 0.767. The molecular weight excluding hydrogens is 194 g/mol. The zero-order valence-electron chi connectivity index (χ0n) is 6.34. The van der Waals surface area contributed by atoms with E-state index in [0.29, 0.717) is 0 Å². The Morgan fingerprint density at radius 1 is 1.31 bits per heavy atom. The number of carbonyl (C=O) groups excluding carboxylic acids is 1. The maximum absolute atomic E-state index is 10.7. The van der Waals surface area contributed by atoms with Crippen LogP contribution in [0.4, 0.5) is 0 Å². The Morgan fingerprint density at radius 3 is 2.23 bits per heavy atom. The Labute approximate surface area is 76.0 Å². The Kier molecular flexibility index (Phi) is 2.99. The molecule has 5 nitrogen and oxygen atoms in total. The minimum absolute atomic E-state index is 0.101. The predicted octanol–water partition coefficient (Wildman–Crippen LogP) is 1.17. The lowest BCUT2D eigenvalue weighted by molar-refractivity contribution is 0.100. The second kappa shape index (κ2) is 4.01. The highest BCUT2D eigenvalue weighted by Crippen LogP contribution is 2.08. The molecule has 0 fully saturated rings. The number of nitroso groups, excluding NO2 is 1. The lowest BCUT2D eigenvalue weighted by Gasteiger charge is -1.94. The summed E-state index contributed by atoms with van der Waals surface area (Å²) < 4.78 is 19.1. The number of hydrogen-bond donors (Lipinski definition) is 1. The van der Waals surface area contributed by atoms with Gasteiger partial charge in [0.25, 0.3) is 0 Å². The van der Waals surface area contributed by atoms with Gasteiger partial charge in [-0.1, -0.05) is 0 Å². The van der Waals surface area contributed by atoms with Crippen LogP contribution in [0.5, 0.6) is 0 Å². The van der Waals surface area contributed by atoms with Crippen molar-refractivity contribution in [1.82, 2.24) is 0 Å². The van der Waals surface area contributed by atoms with E-state index in [2.05, 4.69) is 5.18 Å². The predicted molar refractivity (Wildman–Crippen MR) is 45.6 cm³/mol. The lowest BCUT2D eigenvalue weighted by atomic mass is 10.2. The maximum atomic E-state index is 10.7. The first kappa shape index (κ1) is 9.69. The molecule has 0 aliphatic carbocycles. The highest BCUT2D eigenvalue weighted by atomic mass is 32.2. The average molecular weight is 199 g/mol. The Bertz CT molecular complexity index is 359. The molecule has 0 spiro atoms. The number of nitrogens with zero attached hydrogens (tertiary/aromatic N) is 1. The van der Waals surface area contributed by atoms with Gasteiger partial charge < -0.3 is 4.55 Å². The molecule has 0 saturated heterocycles. The first-order valence-electron chi connectivity index (χ1n) is 3.24. The van der Waals surface area contributed by atoms with Gasteiger partial charge in [0.05, 0.1) is 4.90 Å². The van der Waals surface area contributed by atoms with Gasteiger partial charge in [0.15, 0.2) is 11.1 Å². The van der Waals surface area contributed by atoms with E-state index in [0.717, 1.165) is 0 Å². The number of amides is 1. The van der Waals surface area contributed by atoms with Crippen LogP contribution >= 0.6 is 0 Å². The van der Waals surface area contributed by atoms with Gasteiger partial charge in [0, 0.05) is 10.7 Å². The summed E-state index contributed by atoms with van der Waals surface area (Å²) in [6, 6.07) is 5.11. The molecule has 68 valence electrons. The molecule has 0 aliphatic heterocycles. The van der Waals surface area contributed by atoms with Gasteiger partial charge in [-0.25, -0.2) is 4.21 Å². The molecule has 0 bridgehead atoms. The van der Waals surface area contributed by atoms with Crippen LogP contribution in [-0.2, 0) is 11.1 Å². The van der Waals surface area contributed by atoms with Crippen LogP contribution in [0.1, 0.15) is 10.4 Å². The Morgan fingerprint density at radius 2 is 1.85 bits per heavy atom. The summed E-state index contributed by atoms with van der Waals surface area (Å²) >= 11 is -2.07. The van der Waals surface area contributed by atoms with E-state index in [1.807, 2.05) is 0 Å². The van der Waals surface area contributed by atoms with Crippen LogP contribution in [-0.4, -0.2) is 14.7 Å². The van der Waals surface area contributed by atoms with Crippen molar-refractivity contribution in [2.45, 2.75) is 4.90 Å². The minimum atomic E-state index is -2.07. The molecule has 1 atom stereocenters. The van der Waals surface area contributed by atoms with E-state index in [1.165, 1.54) is 24.3 Å². The van der Waals surface area contributed by atoms with Gasteiger partial charge in [-0.15, -0.1) is 4.91 Å². The maximum Gasteiger partial charge on any atom is 0.316 e. The van der Waals surface area contributed by atoms with Gasteiger partial charge in [-0.05, 0) is 24.3 Å². The van der Waals surface area contributed by atoms with E-state index in [4.69, 9.17) is 4.55 Å². The van der Waals surface area contributed by atoms with Crippen LogP contribution < -0.4 is 0 Å². The summed E-state index contributed by atoms with van der Waals surface area (Å²) in [5, 5.41) is 2.21. The Hall–Kier alpha value is -1.40. The third-order valence-electron chi connectivity index (χ3n) is 1.39. The summed E-state index contributed by atoms with van der Waals surface area (Å²) in [6.45, 7) is 0. The molecule has 0 heterocycles.